The Balaban J connectivity index is 2.23. The van der Waals surface area contributed by atoms with Crippen LogP contribution in [0.3, 0.4) is 0 Å². The quantitative estimate of drug-likeness (QED) is 0.841. The van der Waals surface area contributed by atoms with Gasteiger partial charge in [-0.3, -0.25) is 0 Å². The molecule has 0 spiro atoms. The highest BCUT2D eigenvalue weighted by molar-refractivity contribution is 5.58. The largest absolute Gasteiger partial charge is 0.366 e. The number of anilines is 1. The second-order valence-electron chi connectivity index (χ2n) is 4.76. The summed E-state index contributed by atoms with van der Waals surface area (Å²) < 4.78 is 0. The Morgan fingerprint density at radius 1 is 1.38 bits per heavy atom. The Labute approximate surface area is 98.4 Å². The van der Waals surface area contributed by atoms with Crippen molar-refractivity contribution >= 4 is 5.69 Å². The van der Waals surface area contributed by atoms with E-state index < -0.39 is 0 Å². The molecule has 0 fully saturated rings. The number of rotatable bonds is 4. The van der Waals surface area contributed by atoms with E-state index in [9.17, 15) is 0 Å². The summed E-state index contributed by atoms with van der Waals surface area (Å²) in [5.74, 6) is 0.663. The zero-order valence-electron chi connectivity index (χ0n) is 10.3. The number of nitrogens with zero attached hydrogens (tertiary/aromatic N) is 1. The van der Waals surface area contributed by atoms with Gasteiger partial charge in [-0.15, -0.1) is 0 Å². The van der Waals surface area contributed by atoms with Gasteiger partial charge in [0.1, 0.15) is 0 Å². The van der Waals surface area contributed by atoms with Gasteiger partial charge in [-0.05, 0) is 24.0 Å². The van der Waals surface area contributed by atoms with Gasteiger partial charge in [0.2, 0.25) is 0 Å². The van der Waals surface area contributed by atoms with Crippen molar-refractivity contribution in [2.45, 2.75) is 32.7 Å². The number of benzene rings is 1. The van der Waals surface area contributed by atoms with E-state index >= 15 is 0 Å². The second-order valence-corrected chi connectivity index (χ2v) is 4.76. The van der Waals surface area contributed by atoms with E-state index in [4.69, 9.17) is 5.73 Å². The summed E-state index contributed by atoms with van der Waals surface area (Å²) in [6, 6.07) is 9.21. The SMILES string of the molecule is CCC(C)C(CN)N1CCc2ccccc21. The van der Waals surface area contributed by atoms with Crippen molar-refractivity contribution in [2.75, 3.05) is 18.0 Å². The Bertz CT molecular complexity index is 348. The smallest absolute Gasteiger partial charge is 0.0437 e. The molecule has 2 nitrogen and oxygen atoms in total. The normalized spacial score (nSPS) is 18.3. The molecular weight excluding hydrogens is 196 g/mol. The van der Waals surface area contributed by atoms with Crippen LogP contribution in [0.1, 0.15) is 25.8 Å². The molecule has 88 valence electrons. The fraction of sp³-hybridized carbons (Fsp3) is 0.571. The summed E-state index contributed by atoms with van der Waals surface area (Å²) in [6.45, 7) is 6.43. The van der Waals surface area contributed by atoms with Crippen LogP contribution in [0.15, 0.2) is 24.3 Å². The van der Waals surface area contributed by atoms with Gasteiger partial charge in [-0.1, -0.05) is 38.5 Å². The fourth-order valence-corrected chi connectivity index (χ4v) is 2.65. The van der Waals surface area contributed by atoms with Crippen molar-refractivity contribution in [2.24, 2.45) is 11.7 Å². The summed E-state index contributed by atoms with van der Waals surface area (Å²) in [7, 11) is 0. The molecule has 1 aliphatic heterocycles. The van der Waals surface area contributed by atoms with E-state index in [1.54, 1.807) is 0 Å². The lowest BCUT2D eigenvalue weighted by molar-refractivity contribution is 0.424. The maximum atomic E-state index is 5.94. The maximum Gasteiger partial charge on any atom is 0.0437 e. The topological polar surface area (TPSA) is 29.3 Å². The van der Waals surface area contributed by atoms with Crippen LogP contribution in [-0.4, -0.2) is 19.1 Å². The van der Waals surface area contributed by atoms with Crippen LogP contribution < -0.4 is 10.6 Å². The lowest BCUT2D eigenvalue weighted by Crippen LogP contribution is -2.44. The van der Waals surface area contributed by atoms with E-state index in [1.807, 2.05) is 0 Å². The third-order valence-electron chi connectivity index (χ3n) is 3.87. The van der Waals surface area contributed by atoms with E-state index in [-0.39, 0.29) is 0 Å². The first-order valence-electron chi connectivity index (χ1n) is 6.32. The minimum absolute atomic E-state index is 0.494. The van der Waals surface area contributed by atoms with E-state index in [1.165, 1.54) is 24.1 Å². The Hall–Kier alpha value is -1.02. The van der Waals surface area contributed by atoms with E-state index in [2.05, 4.69) is 43.0 Å². The van der Waals surface area contributed by atoms with Crippen molar-refractivity contribution in [3.05, 3.63) is 29.8 Å². The standard InChI is InChI=1S/C14H22N2/c1-3-11(2)14(10-15)16-9-8-12-6-4-5-7-13(12)16/h4-7,11,14H,3,8-10,15H2,1-2H3. The Kier molecular flexibility index (Phi) is 3.49. The van der Waals surface area contributed by atoms with Gasteiger partial charge in [-0.2, -0.15) is 0 Å². The van der Waals surface area contributed by atoms with Crippen molar-refractivity contribution in [1.29, 1.82) is 0 Å². The average molecular weight is 218 g/mol. The summed E-state index contributed by atoms with van der Waals surface area (Å²) in [5, 5.41) is 0. The highest BCUT2D eigenvalue weighted by Crippen LogP contribution is 2.31. The molecule has 1 aliphatic rings. The highest BCUT2D eigenvalue weighted by Gasteiger charge is 2.27. The van der Waals surface area contributed by atoms with Crippen LogP contribution in [0, 0.1) is 5.92 Å². The molecule has 16 heavy (non-hydrogen) atoms. The van der Waals surface area contributed by atoms with Gasteiger partial charge >= 0.3 is 0 Å². The number of para-hydroxylation sites is 1. The molecule has 0 radical (unpaired) electrons. The first-order chi connectivity index (χ1) is 7.77. The van der Waals surface area contributed by atoms with Crippen molar-refractivity contribution in [3.63, 3.8) is 0 Å². The predicted octanol–water partition coefficient (Wildman–Crippen LogP) is 2.42. The average Bonchev–Trinajstić information content (AvgIpc) is 2.74. The molecule has 2 heteroatoms. The third-order valence-corrected chi connectivity index (χ3v) is 3.87. The van der Waals surface area contributed by atoms with Crippen LogP contribution in [0.25, 0.3) is 0 Å². The van der Waals surface area contributed by atoms with Gasteiger partial charge < -0.3 is 10.6 Å². The van der Waals surface area contributed by atoms with Gasteiger partial charge in [0.05, 0.1) is 0 Å². The lowest BCUT2D eigenvalue weighted by Gasteiger charge is -2.33. The summed E-state index contributed by atoms with van der Waals surface area (Å²) in [5.41, 5.74) is 8.82. The second kappa shape index (κ2) is 4.88. The number of hydrogen-bond donors (Lipinski definition) is 1. The Morgan fingerprint density at radius 2 is 2.12 bits per heavy atom. The van der Waals surface area contributed by atoms with Gasteiger partial charge in [0.25, 0.3) is 0 Å². The molecule has 0 aromatic heterocycles. The Morgan fingerprint density at radius 3 is 2.81 bits per heavy atom. The van der Waals surface area contributed by atoms with Crippen molar-refractivity contribution in [3.8, 4) is 0 Å². The fourth-order valence-electron chi connectivity index (χ4n) is 2.65. The van der Waals surface area contributed by atoms with Crippen LogP contribution in [0.2, 0.25) is 0 Å². The molecule has 0 amide bonds. The molecule has 1 aromatic carbocycles. The molecule has 0 bridgehead atoms. The zero-order valence-corrected chi connectivity index (χ0v) is 10.3. The summed E-state index contributed by atoms with van der Waals surface area (Å²) in [4.78, 5) is 2.50. The minimum Gasteiger partial charge on any atom is -0.366 e. The van der Waals surface area contributed by atoms with Gasteiger partial charge in [-0.25, -0.2) is 0 Å². The van der Waals surface area contributed by atoms with Crippen LogP contribution >= 0.6 is 0 Å². The maximum absolute atomic E-state index is 5.94. The molecule has 2 rings (SSSR count). The number of nitrogens with two attached hydrogens (primary N) is 1. The first-order valence-corrected chi connectivity index (χ1v) is 6.32. The van der Waals surface area contributed by atoms with E-state index in [0.29, 0.717) is 12.0 Å². The van der Waals surface area contributed by atoms with Crippen LogP contribution in [-0.2, 0) is 6.42 Å². The monoisotopic (exact) mass is 218 g/mol. The van der Waals surface area contributed by atoms with Crippen LogP contribution in [0.5, 0.6) is 0 Å². The van der Waals surface area contributed by atoms with Crippen molar-refractivity contribution < 1.29 is 0 Å². The lowest BCUT2D eigenvalue weighted by atomic mass is 9.97. The first kappa shape index (κ1) is 11.5. The molecule has 0 saturated heterocycles. The van der Waals surface area contributed by atoms with E-state index in [0.717, 1.165) is 13.1 Å². The molecule has 2 N–H and O–H groups in total. The molecule has 2 atom stereocenters. The molecule has 2 unspecified atom stereocenters. The van der Waals surface area contributed by atoms with Crippen LogP contribution in [0.4, 0.5) is 5.69 Å². The molecule has 1 heterocycles. The molecule has 0 saturated carbocycles. The number of hydrogen-bond acceptors (Lipinski definition) is 2. The third kappa shape index (κ3) is 1.94. The predicted molar refractivity (Wildman–Crippen MR) is 69.8 cm³/mol. The summed E-state index contributed by atoms with van der Waals surface area (Å²) in [6.07, 6.45) is 2.36. The molecule has 0 aliphatic carbocycles. The van der Waals surface area contributed by atoms with Crippen molar-refractivity contribution in [1.82, 2.24) is 0 Å². The highest BCUT2D eigenvalue weighted by atomic mass is 15.2. The minimum atomic E-state index is 0.494. The van der Waals surface area contributed by atoms with Gasteiger partial charge in [0, 0.05) is 24.8 Å². The zero-order chi connectivity index (χ0) is 11.5. The molecular formula is C14H22N2. The summed E-state index contributed by atoms with van der Waals surface area (Å²) >= 11 is 0. The molecule has 1 aromatic rings. The number of fused-ring (bicyclic) bond motifs is 1. The van der Waals surface area contributed by atoms with Gasteiger partial charge in [0.15, 0.2) is 0 Å².